The molecule has 0 spiro atoms. The number of nitrogens with two attached hydrogens (primary N) is 1. The van der Waals surface area contributed by atoms with Crippen molar-refractivity contribution in [2.45, 2.75) is 25.8 Å². The zero-order valence-electron chi connectivity index (χ0n) is 11.2. The van der Waals surface area contributed by atoms with Crippen LogP contribution in [-0.2, 0) is 20.7 Å². The first-order valence-corrected chi connectivity index (χ1v) is 5.59. The number of hydrogen-bond donors (Lipinski definition) is 2. The van der Waals surface area contributed by atoms with Crippen molar-refractivity contribution < 1.29 is 14.3 Å². The lowest BCUT2D eigenvalue weighted by Gasteiger charge is -2.23. The van der Waals surface area contributed by atoms with Crippen LogP contribution >= 0.6 is 12.4 Å². The second-order valence-electron chi connectivity index (χ2n) is 4.58. The fraction of sp³-hybridized carbons (Fsp3) is 0.385. The third-order valence-corrected chi connectivity index (χ3v) is 2.49. The Bertz CT molecular complexity index is 444. The molecule has 0 fully saturated rings. The summed E-state index contributed by atoms with van der Waals surface area (Å²) in [7, 11) is 1.29. The van der Waals surface area contributed by atoms with Crippen LogP contribution in [0.5, 0.6) is 0 Å². The number of hydrogen-bond acceptors (Lipinski definition) is 4. The molecular formula is C13H19ClN2O3. The van der Waals surface area contributed by atoms with E-state index in [9.17, 15) is 9.59 Å². The highest BCUT2D eigenvalue weighted by molar-refractivity contribution is 5.88. The van der Waals surface area contributed by atoms with Crippen LogP contribution in [0.4, 0.5) is 5.69 Å². The zero-order valence-corrected chi connectivity index (χ0v) is 12.0. The highest BCUT2D eigenvalue weighted by Gasteiger charge is 2.30. The van der Waals surface area contributed by atoms with Crippen LogP contribution in [0.1, 0.15) is 19.4 Å². The average molecular weight is 287 g/mol. The quantitative estimate of drug-likeness (QED) is 0.646. The van der Waals surface area contributed by atoms with Gasteiger partial charge in [0.05, 0.1) is 13.5 Å². The minimum atomic E-state index is -1.03. The van der Waals surface area contributed by atoms with E-state index in [4.69, 9.17) is 5.73 Å². The molecule has 1 rings (SSSR count). The lowest BCUT2D eigenvalue weighted by molar-refractivity contribution is -0.149. The fourth-order valence-electron chi connectivity index (χ4n) is 1.52. The summed E-state index contributed by atoms with van der Waals surface area (Å²) < 4.78 is 4.61. The van der Waals surface area contributed by atoms with Gasteiger partial charge in [0.25, 0.3) is 0 Å². The third-order valence-electron chi connectivity index (χ3n) is 2.49. The van der Waals surface area contributed by atoms with E-state index in [1.54, 1.807) is 38.1 Å². The van der Waals surface area contributed by atoms with Gasteiger partial charge in [0.1, 0.15) is 5.54 Å². The molecule has 19 heavy (non-hydrogen) atoms. The molecule has 6 heteroatoms. The summed E-state index contributed by atoms with van der Waals surface area (Å²) >= 11 is 0. The van der Waals surface area contributed by atoms with Crippen molar-refractivity contribution in [2.75, 3.05) is 12.8 Å². The number of methoxy groups -OCH3 is 1. The number of esters is 1. The minimum Gasteiger partial charge on any atom is -0.467 e. The molecule has 0 saturated carbocycles. The first kappa shape index (κ1) is 17.2. The van der Waals surface area contributed by atoms with E-state index in [-0.39, 0.29) is 24.7 Å². The summed E-state index contributed by atoms with van der Waals surface area (Å²) in [5.74, 6) is -0.719. The summed E-state index contributed by atoms with van der Waals surface area (Å²) in [5.41, 5.74) is 6.01. The number of carbonyl (C=O) groups is 2. The lowest BCUT2D eigenvalue weighted by atomic mass is 10.0. The van der Waals surface area contributed by atoms with Crippen LogP contribution in [0.15, 0.2) is 24.3 Å². The molecule has 0 aliphatic rings. The molecule has 0 saturated heterocycles. The number of benzene rings is 1. The Morgan fingerprint density at radius 2 is 1.79 bits per heavy atom. The molecule has 0 aromatic heterocycles. The summed E-state index contributed by atoms with van der Waals surface area (Å²) in [6, 6.07) is 7.02. The Labute approximate surface area is 118 Å². The SMILES string of the molecule is COC(=O)C(C)(C)NC(=O)Cc1ccc(N)cc1.Cl. The second-order valence-corrected chi connectivity index (χ2v) is 4.58. The average Bonchev–Trinajstić information content (AvgIpc) is 2.30. The molecule has 0 aliphatic heterocycles. The van der Waals surface area contributed by atoms with E-state index in [0.717, 1.165) is 5.56 Å². The predicted octanol–water partition coefficient (Wildman–Crippen LogP) is 1.30. The Hall–Kier alpha value is -1.75. The van der Waals surface area contributed by atoms with Crippen LogP contribution in [0.2, 0.25) is 0 Å². The molecule has 106 valence electrons. The molecule has 0 unspecified atom stereocenters. The largest absolute Gasteiger partial charge is 0.467 e. The molecule has 0 heterocycles. The lowest BCUT2D eigenvalue weighted by Crippen LogP contribution is -2.50. The molecule has 0 aliphatic carbocycles. The van der Waals surface area contributed by atoms with E-state index in [0.29, 0.717) is 5.69 Å². The number of nitrogens with one attached hydrogen (secondary N) is 1. The highest BCUT2D eigenvalue weighted by Crippen LogP contribution is 2.08. The molecular weight excluding hydrogens is 268 g/mol. The molecule has 1 aromatic carbocycles. The Morgan fingerprint density at radius 3 is 2.26 bits per heavy atom. The van der Waals surface area contributed by atoms with Gasteiger partial charge in [-0.25, -0.2) is 4.79 Å². The Morgan fingerprint density at radius 1 is 1.26 bits per heavy atom. The van der Waals surface area contributed by atoms with Crippen molar-refractivity contribution >= 4 is 30.0 Å². The van der Waals surface area contributed by atoms with Gasteiger partial charge in [0.2, 0.25) is 5.91 Å². The summed E-state index contributed by atoms with van der Waals surface area (Å²) in [5, 5.41) is 2.63. The summed E-state index contributed by atoms with van der Waals surface area (Å²) in [6.45, 7) is 3.19. The number of ether oxygens (including phenoxy) is 1. The zero-order chi connectivity index (χ0) is 13.8. The molecule has 1 amide bonds. The van der Waals surface area contributed by atoms with Gasteiger partial charge in [0.15, 0.2) is 0 Å². The predicted molar refractivity (Wildman–Crippen MR) is 76.0 cm³/mol. The highest BCUT2D eigenvalue weighted by atomic mass is 35.5. The van der Waals surface area contributed by atoms with Crippen LogP contribution in [-0.4, -0.2) is 24.5 Å². The number of amides is 1. The monoisotopic (exact) mass is 286 g/mol. The van der Waals surface area contributed by atoms with Gasteiger partial charge < -0.3 is 15.8 Å². The van der Waals surface area contributed by atoms with Gasteiger partial charge in [-0.1, -0.05) is 12.1 Å². The Balaban J connectivity index is 0.00000324. The van der Waals surface area contributed by atoms with Crippen molar-refractivity contribution in [1.82, 2.24) is 5.32 Å². The van der Waals surface area contributed by atoms with Gasteiger partial charge >= 0.3 is 5.97 Å². The Kier molecular flexibility index (Phi) is 6.35. The fourth-order valence-corrected chi connectivity index (χ4v) is 1.52. The second kappa shape index (κ2) is 6.99. The van der Waals surface area contributed by atoms with Crippen LogP contribution in [0.3, 0.4) is 0 Å². The van der Waals surface area contributed by atoms with E-state index in [2.05, 4.69) is 10.1 Å². The smallest absolute Gasteiger partial charge is 0.330 e. The van der Waals surface area contributed by atoms with E-state index in [1.807, 2.05) is 0 Å². The maximum Gasteiger partial charge on any atom is 0.330 e. The van der Waals surface area contributed by atoms with Gasteiger partial charge in [-0.2, -0.15) is 0 Å². The number of anilines is 1. The first-order valence-electron chi connectivity index (χ1n) is 5.59. The normalized spacial score (nSPS) is 10.3. The standard InChI is InChI=1S/C13H18N2O3.ClH/c1-13(2,12(17)18-3)15-11(16)8-9-4-6-10(14)7-5-9;/h4-7H,8,14H2,1-3H3,(H,15,16);1H. The van der Waals surface area contributed by atoms with Crippen molar-refractivity contribution in [3.63, 3.8) is 0 Å². The minimum absolute atomic E-state index is 0. The maximum absolute atomic E-state index is 11.8. The van der Waals surface area contributed by atoms with Crippen molar-refractivity contribution in [1.29, 1.82) is 0 Å². The number of rotatable bonds is 4. The van der Waals surface area contributed by atoms with Gasteiger partial charge in [-0.15, -0.1) is 12.4 Å². The molecule has 0 radical (unpaired) electrons. The number of halogens is 1. The topological polar surface area (TPSA) is 81.4 Å². The van der Waals surface area contributed by atoms with Crippen molar-refractivity contribution in [3.8, 4) is 0 Å². The van der Waals surface area contributed by atoms with E-state index in [1.165, 1.54) is 7.11 Å². The van der Waals surface area contributed by atoms with Gasteiger partial charge in [0, 0.05) is 5.69 Å². The molecule has 3 N–H and O–H groups in total. The first-order chi connectivity index (χ1) is 8.35. The van der Waals surface area contributed by atoms with Crippen molar-refractivity contribution in [3.05, 3.63) is 29.8 Å². The summed E-state index contributed by atoms with van der Waals surface area (Å²) in [4.78, 5) is 23.2. The van der Waals surface area contributed by atoms with Crippen LogP contribution in [0, 0.1) is 0 Å². The van der Waals surface area contributed by atoms with Crippen molar-refractivity contribution in [2.24, 2.45) is 0 Å². The number of carbonyl (C=O) groups excluding carboxylic acids is 2. The third kappa shape index (κ3) is 5.18. The molecule has 0 atom stereocenters. The van der Waals surface area contributed by atoms with E-state index < -0.39 is 11.5 Å². The maximum atomic E-state index is 11.8. The van der Waals surface area contributed by atoms with Crippen LogP contribution < -0.4 is 11.1 Å². The van der Waals surface area contributed by atoms with Gasteiger partial charge in [-0.05, 0) is 31.5 Å². The van der Waals surface area contributed by atoms with Crippen LogP contribution in [0.25, 0.3) is 0 Å². The summed E-state index contributed by atoms with van der Waals surface area (Å²) in [6.07, 6.45) is 0.195. The molecule has 0 bridgehead atoms. The molecule has 5 nitrogen and oxygen atoms in total. The van der Waals surface area contributed by atoms with E-state index >= 15 is 0 Å². The van der Waals surface area contributed by atoms with Gasteiger partial charge in [-0.3, -0.25) is 4.79 Å². The number of nitrogen functional groups attached to an aromatic ring is 1. The molecule has 1 aromatic rings.